The molecule has 2 aromatic carbocycles. The van der Waals surface area contributed by atoms with Crippen LogP contribution >= 0.6 is 0 Å². The van der Waals surface area contributed by atoms with Crippen molar-refractivity contribution in [1.82, 2.24) is 0 Å². The number of quaternary nitrogens is 1. The normalized spacial score (nSPS) is 16.0. The van der Waals surface area contributed by atoms with Crippen molar-refractivity contribution >= 4 is 23.5 Å². The summed E-state index contributed by atoms with van der Waals surface area (Å²) in [6.45, 7) is 7.53. The minimum atomic E-state index is -0.493. The fraction of sp³-hybridized carbons (Fsp3) is 0.464. The first-order valence-corrected chi connectivity index (χ1v) is 12.5. The molecule has 3 rings (SSSR count). The minimum absolute atomic E-state index is 0.139. The number of hydrogen-bond donors (Lipinski definition) is 1. The topological polar surface area (TPSA) is 81.7 Å². The van der Waals surface area contributed by atoms with Gasteiger partial charge in [0.2, 0.25) is 0 Å². The van der Waals surface area contributed by atoms with Crippen LogP contribution in [0.5, 0.6) is 0 Å². The molecule has 1 amide bonds. The van der Waals surface area contributed by atoms with E-state index in [1.54, 1.807) is 19.1 Å². The molecule has 1 saturated heterocycles. The summed E-state index contributed by atoms with van der Waals surface area (Å²) >= 11 is 0. The van der Waals surface area contributed by atoms with E-state index in [0.29, 0.717) is 15.7 Å². The average Bonchev–Trinajstić information content (AvgIpc) is 3.10. The summed E-state index contributed by atoms with van der Waals surface area (Å²) in [6, 6.07) is 14.4. The third-order valence-electron chi connectivity index (χ3n) is 6.86. The number of ether oxygens (including phenoxy) is 2. The van der Waals surface area contributed by atoms with Crippen molar-refractivity contribution in [3.63, 3.8) is 0 Å². The van der Waals surface area contributed by atoms with E-state index in [9.17, 15) is 14.4 Å². The minimum Gasteiger partial charge on any atom is -0.462 e. The van der Waals surface area contributed by atoms with Gasteiger partial charge in [-0.1, -0.05) is 42.5 Å². The number of carbonyl (C=O) groups is 3. The van der Waals surface area contributed by atoms with Crippen LogP contribution in [0, 0.1) is 6.92 Å². The lowest BCUT2D eigenvalue weighted by Gasteiger charge is -2.41. The van der Waals surface area contributed by atoms with Gasteiger partial charge < -0.3 is 19.3 Å². The van der Waals surface area contributed by atoms with E-state index in [1.807, 2.05) is 50.2 Å². The molecule has 0 saturated carbocycles. The molecule has 0 bridgehead atoms. The maximum absolute atomic E-state index is 13.5. The van der Waals surface area contributed by atoms with E-state index in [1.165, 1.54) is 0 Å². The lowest BCUT2D eigenvalue weighted by molar-refractivity contribution is -0.933. The SMILES string of the molecule is CCOC(=O)c1cccc(C)c1NC(=O)C(C)[N+]1(CC(=O)OCc2ccccc2)CCCCCC1. The molecule has 1 aliphatic rings. The molecule has 35 heavy (non-hydrogen) atoms. The number of benzene rings is 2. The number of aryl methyl sites for hydroxylation is 1. The predicted molar refractivity (Wildman–Crippen MR) is 135 cm³/mol. The molecular weight excluding hydrogens is 444 g/mol. The molecule has 1 aliphatic heterocycles. The van der Waals surface area contributed by atoms with Gasteiger partial charge >= 0.3 is 11.9 Å². The molecule has 1 atom stereocenters. The molecular formula is C28H37N2O5+. The first-order valence-electron chi connectivity index (χ1n) is 12.5. The van der Waals surface area contributed by atoms with Crippen molar-refractivity contribution in [1.29, 1.82) is 0 Å². The first kappa shape index (κ1) is 26.4. The Kier molecular flexibility index (Phi) is 9.43. The highest BCUT2D eigenvalue weighted by Crippen LogP contribution is 2.26. The Balaban J connectivity index is 1.78. The quantitative estimate of drug-likeness (QED) is 0.417. The molecule has 0 aliphatic carbocycles. The van der Waals surface area contributed by atoms with Crippen LogP contribution in [0.25, 0.3) is 0 Å². The molecule has 2 aromatic rings. The zero-order chi connectivity index (χ0) is 25.3. The van der Waals surface area contributed by atoms with Crippen LogP contribution in [0.3, 0.4) is 0 Å². The Labute approximate surface area is 208 Å². The number of para-hydroxylation sites is 1. The molecule has 188 valence electrons. The number of nitrogens with one attached hydrogen (secondary N) is 1. The fourth-order valence-corrected chi connectivity index (χ4v) is 4.73. The van der Waals surface area contributed by atoms with Crippen molar-refractivity contribution in [3.8, 4) is 0 Å². The van der Waals surface area contributed by atoms with E-state index < -0.39 is 12.0 Å². The Hall–Kier alpha value is -3.19. The Morgan fingerprint density at radius 3 is 2.29 bits per heavy atom. The van der Waals surface area contributed by atoms with Crippen LogP contribution in [0.15, 0.2) is 48.5 Å². The molecule has 0 spiro atoms. The monoisotopic (exact) mass is 481 g/mol. The maximum Gasteiger partial charge on any atom is 0.362 e. The number of likely N-dealkylation sites (tertiary alicyclic amines) is 1. The van der Waals surface area contributed by atoms with Gasteiger partial charge in [-0.2, -0.15) is 0 Å². The molecule has 0 aromatic heterocycles. The van der Waals surface area contributed by atoms with Gasteiger partial charge in [0.05, 0.1) is 30.9 Å². The maximum atomic E-state index is 13.5. The van der Waals surface area contributed by atoms with Gasteiger partial charge in [-0.3, -0.25) is 4.79 Å². The van der Waals surface area contributed by atoms with Crippen LogP contribution in [0.2, 0.25) is 0 Å². The highest BCUT2D eigenvalue weighted by Gasteiger charge is 2.41. The lowest BCUT2D eigenvalue weighted by Crippen LogP contribution is -2.61. The second-order valence-electron chi connectivity index (χ2n) is 9.27. The van der Waals surface area contributed by atoms with Crippen LogP contribution in [0.4, 0.5) is 5.69 Å². The summed E-state index contributed by atoms with van der Waals surface area (Å²) in [7, 11) is 0. The van der Waals surface area contributed by atoms with Gasteiger partial charge in [0, 0.05) is 0 Å². The van der Waals surface area contributed by atoms with Crippen LogP contribution in [-0.4, -0.2) is 54.6 Å². The van der Waals surface area contributed by atoms with Crippen LogP contribution in [0.1, 0.15) is 61.0 Å². The number of anilines is 1. The van der Waals surface area contributed by atoms with Gasteiger partial charge in [0.25, 0.3) is 5.91 Å². The summed E-state index contributed by atoms with van der Waals surface area (Å²) < 4.78 is 11.1. The molecule has 1 heterocycles. The van der Waals surface area contributed by atoms with Crippen LogP contribution < -0.4 is 5.32 Å². The molecule has 7 nitrogen and oxygen atoms in total. The number of amides is 1. The van der Waals surface area contributed by atoms with Crippen molar-refractivity contribution in [2.24, 2.45) is 0 Å². The lowest BCUT2D eigenvalue weighted by atomic mass is 10.1. The number of carbonyl (C=O) groups excluding carboxylic acids is 3. The fourth-order valence-electron chi connectivity index (χ4n) is 4.73. The zero-order valence-corrected chi connectivity index (χ0v) is 21.0. The van der Waals surface area contributed by atoms with E-state index in [-0.39, 0.29) is 31.6 Å². The summed E-state index contributed by atoms with van der Waals surface area (Å²) in [5, 5.41) is 2.98. The second-order valence-corrected chi connectivity index (χ2v) is 9.27. The molecule has 0 radical (unpaired) electrons. The average molecular weight is 482 g/mol. The number of nitrogens with zero attached hydrogens (tertiary/aromatic N) is 1. The summed E-state index contributed by atoms with van der Waals surface area (Å²) in [4.78, 5) is 38.9. The molecule has 1 N–H and O–H groups in total. The van der Waals surface area contributed by atoms with Crippen molar-refractivity contribution < 1.29 is 28.3 Å². The van der Waals surface area contributed by atoms with E-state index in [4.69, 9.17) is 9.47 Å². The first-order chi connectivity index (χ1) is 16.9. The number of hydrogen-bond acceptors (Lipinski definition) is 5. The smallest absolute Gasteiger partial charge is 0.362 e. The van der Waals surface area contributed by atoms with Crippen molar-refractivity contribution in [3.05, 3.63) is 65.2 Å². The van der Waals surface area contributed by atoms with Gasteiger partial charge in [0.15, 0.2) is 12.6 Å². The predicted octanol–water partition coefficient (Wildman–Crippen LogP) is 4.63. The van der Waals surface area contributed by atoms with E-state index in [2.05, 4.69) is 5.32 Å². The summed E-state index contributed by atoms with van der Waals surface area (Å²) in [5.74, 6) is -0.997. The second kappa shape index (κ2) is 12.5. The molecule has 7 heteroatoms. The Morgan fingerprint density at radius 2 is 1.63 bits per heavy atom. The standard InChI is InChI=1S/C28H36N2O5/c1-4-34-28(33)24-16-12-13-21(2)26(24)29-27(32)22(3)30(17-10-5-6-11-18-30)19-25(31)35-20-23-14-8-7-9-15-23/h7-9,12-16,22H,4-6,10-11,17-20H2,1-3H3/p+1. The van der Waals surface area contributed by atoms with Gasteiger partial charge in [-0.05, 0) is 63.6 Å². The highest BCUT2D eigenvalue weighted by molar-refractivity contribution is 6.03. The van der Waals surface area contributed by atoms with Crippen LogP contribution in [-0.2, 0) is 25.7 Å². The number of rotatable bonds is 9. The Bertz CT molecular complexity index is 1010. The molecule has 1 fully saturated rings. The third-order valence-corrected chi connectivity index (χ3v) is 6.86. The summed E-state index contributed by atoms with van der Waals surface area (Å²) in [6.07, 6.45) is 4.06. The van der Waals surface area contributed by atoms with Gasteiger partial charge in [0.1, 0.15) is 6.61 Å². The zero-order valence-electron chi connectivity index (χ0n) is 21.0. The van der Waals surface area contributed by atoms with E-state index in [0.717, 1.165) is 49.9 Å². The Morgan fingerprint density at radius 1 is 0.943 bits per heavy atom. The van der Waals surface area contributed by atoms with Gasteiger partial charge in [-0.25, -0.2) is 9.59 Å². The number of esters is 2. The summed E-state index contributed by atoms with van der Waals surface area (Å²) in [5.41, 5.74) is 2.50. The highest BCUT2D eigenvalue weighted by atomic mass is 16.5. The van der Waals surface area contributed by atoms with E-state index >= 15 is 0 Å². The largest absolute Gasteiger partial charge is 0.462 e. The third kappa shape index (κ3) is 6.92. The van der Waals surface area contributed by atoms with Gasteiger partial charge in [-0.15, -0.1) is 0 Å². The molecule has 1 unspecified atom stereocenters. The van der Waals surface area contributed by atoms with Crippen molar-refractivity contribution in [2.45, 2.75) is 59.1 Å². The van der Waals surface area contributed by atoms with Crippen molar-refractivity contribution in [2.75, 3.05) is 31.6 Å².